The van der Waals surface area contributed by atoms with Gasteiger partial charge in [0.2, 0.25) is 5.91 Å². The highest BCUT2D eigenvalue weighted by atomic mass is 79.9. The molecular weight excluding hydrogens is 404 g/mol. The number of hydrogen-bond donors (Lipinski definition) is 1. The minimum Gasteiger partial charge on any atom is -0.368 e. The molecule has 3 rings (SSSR count). The molecule has 0 aliphatic carbocycles. The van der Waals surface area contributed by atoms with E-state index in [-0.39, 0.29) is 12.5 Å². The Morgan fingerprint density at radius 2 is 1.52 bits per heavy atom. The number of halogens is 1. The van der Waals surface area contributed by atoms with Crippen molar-refractivity contribution in [3.63, 3.8) is 0 Å². The third-order valence-electron chi connectivity index (χ3n) is 4.22. The van der Waals surface area contributed by atoms with Gasteiger partial charge in [-0.3, -0.25) is 9.59 Å². The number of benzene rings is 3. The number of nitrogens with zero attached hydrogens (tertiary/aromatic N) is 1. The Kier molecular flexibility index (Phi) is 6.04. The van der Waals surface area contributed by atoms with E-state index in [1.165, 1.54) is 4.90 Å². The van der Waals surface area contributed by atoms with Crippen molar-refractivity contribution in [1.82, 2.24) is 4.90 Å². The summed E-state index contributed by atoms with van der Waals surface area (Å²) in [6, 6.07) is 24.8. The monoisotopic (exact) mass is 422 g/mol. The van der Waals surface area contributed by atoms with E-state index < -0.39 is 11.9 Å². The van der Waals surface area contributed by atoms with E-state index in [1.54, 1.807) is 24.3 Å². The zero-order valence-electron chi connectivity index (χ0n) is 14.6. The van der Waals surface area contributed by atoms with Crippen molar-refractivity contribution in [2.24, 2.45) is 5.73 Å². The van der Waals surface area contributed by atoms with Gasteiger partial charge in [0.25, 0.3) is 5.91 Å². The van der Waals surface area contributed by atoms with Gasteiger partial charge in [-0.2, -0.15) is 0 Å². The Bertz CT molecular complexity index is 929. The van der Waals surface area contributed by atoms with Crippen LogP contribution < -0.4 is 5.73 Å². The maximum absolute atomic E-state index is 13.3. The smallest absolute Gasteiger partial charge is 0.255 e. The van der Waals surface area contributed by atoms with Crippen LogP contribution in [0.4, 0.5) is 0 Å². The molecule has 3 aromatic rings. The maximum Gasteiger partial charge on any atom is 0.255 e. The molecule has 27 heavy (non-hydrogen) atoms. The van der Waals surface area contributed by atoms with Crippen LogP contribution in [0.25, 0.3) is 0 Å². The third kappa shape index (κ3) is 4.63. The van der Waals surface area contributed by atoms with E-state index in [4.69, 9.17) is 5.73 Å². The highest BCUT2D eigenvalue weighted by molar-refractivity contribution is 9.10. The van der Waals surface area contributed by atoms with Crippen molar-refractivity contribution in [2.75, 3.05) is 0 Å². The van der Waals surface area contributed by atoms with Gasteiger partial charge < -0.3 is 10.6 Å². The lowest BCUT2D eigenvalue weighted by atomic mass is 10.0. The molecule has 2 N–H and O–H groups in total. The van der Waals surface area contributed by atoms with Gasteiger partial charge in [-0.15, -0.1) is 0 Å². The van der Waals surface area contributed by atoms with Crippen molar-refractivity contribution >= 4 is 27.7 Å². The van der Waals surface area contributed by atoms with Crippen molar-refractivity contribution in [3.8, 4) is 0 Å². The molecule has 0 aliphatic rings. The summed E-state index contributed by atoms with van der Waals surface area (Å²) in [6.45, 7) is 0.260. The highest BCUT2D eigenvalue weighted by Gasteiger charge is 2.30. The summed E-state index contributed by atoms with van der Waals surface area (Å²) in [5.74, 6) is -0.816. The van der Waals surface area contributed by atoms with Crippen LogP contribution in [0, 0.1) is 0 Å². The average Bonchev–Trinajstić information content (AvgIpc) is 2.68. The molecule has 0 spiro atoms. The second kappa shape index (κ2) is 8.64. The molecule has 136 valence electrons. The topological polar surface area (TPSA) is 63.4 Å². The fraction of sp³-hybridized carbons (Fsp3) is 0.0909. The molecule has 0 aromatic heterocycles. The molecule has 0 aliphatic heterocycles. The molecule has 0 unspecified atom stereocenters. The van der Waals surface area contributed by atoms with Gasteiger partial charge in [0.1, 0.15) is 6.04 Å². The van der Waals surface area contributed by atoms with Gasteiger partial charge in [0, 0.05) is 16.6 Å². The van der Waals surface area contributed by atoms with Gasteiger partial charge in [-0.05, 0) is 35.4 Å². The minimum absolute atomic E-state index is 0.247. The van der Waals surface area contributed by atoms with Crippen LogP contribution >= 0.6 is 15.9 Å². The molecule has 0 radical (unpaired) electrons. The fourth-order valence-corrected chi connectivity index (χ4v) is 3.44. The molecule has 0 saturated heterocycles. The molecule has 0 saturated carbocycles. The lowest BCUT2D eigenvalue weighted by Gasteiger charge is -2.30. The zero-order valence-corrected chi connectivity index (χ0v) is 16.2. The first kappa shape index (κ1) is 18.9. The number of nitrogens with two attached hydrogens (primary N) is 1. The van der Waals surface area contributed by atoms with Crippen LogP contribution in [-0.2, 0) is 11.3 Å². The molecule has 2 amide bonds. The van der Waals surface area contributed by atoms with Crippen LogP contribution in [0.5, 0.6) is 0 Å². The normalized spacial score (nSPS) is 11.6. The first-order valence-electron chi connectivity index (χ1n) is 8.51. The maximum atomic E-state index is 13.3. The lowest BCUT2D eigenvalue weighted by Crippen LogP contribution is -2.41. The van der Waals surface area contributed by atoms with E-state index in [9.17, 15) is 9.59 Å². The summed E-state index contributed by atoms with van der Waals surface area (Å²) in [7, 11) is 0. The molecule has 0 fully saturated rings. The molecule has 0 heterocycles. The van der Waals surface area contributed by atoms with Crippen LogP contribution in [0.1, 0.15) is 27.5 Å². The number of amides is 2. The first-order valence-corrected chi connectivity index (χ1v) is 9.30. The van der Waals surface area contributed by atoms with E-state index in [0.717, 1.165) is 10.0 Å². The predicted octanol–water partition coefficient (Wildman–Crippen LogP) is 4.32. The summed E-state index contributed by atoms with van der Waals surface area (Å²) in [5, 5.41) is 0. The molecular formula is C22H19BrN2O2. The predicted molar refractivity (Wildman–Crippen MR) is 109 cm³/mol. The Labute approximate surface area is 166 Å². The van der Waals surface area contributed by atoms with E-state index in [0.29, 0.717) is 11.1 Å². The van der Waals surface area contributed by atoms with E-state index in [1.807, 2.05) is 60.7 Å². The lowest BCUT2D eigenvalue weighted by molar-refractivity contribution is -0.122. The summed E-state index contributed by atoms with van der Waals surface area (Å²) < 4.78 is 0.905. The largest absolute Gasteiger partial charge is 0.368 e. The van der Waals surface area contributed by atoms with Crippen LogP contribution in [-0.4, -0.2) is 16.7 Å². The molecule has 4 nitrogen and oxygen atoms in total. The van der Waals surface area contributed by atoms with Crippen molar-refractivity contribution in [1.29, 1.82) is 0 Å². The summed E-state index contributed by atoms with van der Waals surface area (Å²) in [5.41, 5.74) is 7.82. The SMILES string of the molecule is NC(=O)[C@@H](c1ccccc1)N(Cc1cccc(Br)c1)C(=O)c1ccccc1. The number of hydrogen-bond acceptors (Lipinski definition) is 2. The second-order valence-corrected chi connectivity index (χ2v) is 7.06. The Balaban J connectivity index is 2.05. The second-order valence-electron chi connectivity index (χ2n) is 6.14. The van der Waals surface area contributed by atoms with Gasteiger partial charge in [-0.1, -0.05) is 76.6 Å². The Morgan fingerprint density at radius 1 is 0.889 bits per heavy atom. The Hall–Kier alpha value is -2.92. The van der Waals surface area contributed by atoms with Crippen LogP contribution in [0.2, 0.25) is 0 Å². The van der Waals surface area contributed by atoms with Crippen LogP contribution in [0.3, 0.4) is 0 Å². The fourth-order valence-electron chi connectivity index (χ4n) is 2.99. The number of carbonyl (C=O) groups excluding carboxylic acids is 2. The summed E-state index contributed by atoms with van der Waals surface area (Å²) in [4.78, 5) is 27.1. The molecule has 1 atom stereocenters. The highest BCUT2D eigenvalue weighted by Crippen LogP contribution is 2.26. The quantitative estimate of drug-likeness (QED) is 0.642. The van der Waals surface area contributed by atoms with Crippen LogP contribution in [0.15, 0.2) is 89.4 Å². The van der Waals surface area contributed by atoms with Gasteiger partial charge in [-0.25, -0.2) is 0 Å². The number of carbonyl (C=O) groups is 2. The number of rotatable bonds is 6. The average molecular weight is 423 g/mol. The third-order valence-corrected chi connectivity index (χ3v) is 4.71. The minimum atomic E-state index is -0.863. The van der Waals surface area contributed by atoms with Gasteiger partial charge >= 0.3 is 0 Å². The zero-order chi connectivity index (χ0) is 19.2. The van der Waals surface area contributed by atoms with Gasteiger partial charge in [0.05, 0.1) is 0 Å². The standard InChI is InChI=1S/C22H19BrN2O2/c23-19-13-7-8-16(14-19)15-25(22(27)18-11-5-2-6-12-18)20(21(24)26)17-9-3-1-4-10-17/h1-14,20H,15H2,(H2,24,26)/t20-/m1/s1. The number of primary amides is 1. The first-order chi connectivity index (χ1) is 13.1. The van der Waals surface area contributed by atoms with Gasteiger partial charge in [0.15, 0.2) is 0 Å². The molecule has 0 bridgehead atoms. The van der Waals surface area contributed by atoms with Crippen molar-refractivity contribution in [3.05, 3.63) is 106 Å². The molecule has 3 aromatic carbocycles. The Morgan fingerprint density at radius 3 is 2.11 bits per heavy atom. The van der Waals surface area contributed by atoms with E-state index >= 15 is 0 Å². The van der Waals surface area contributed by atoms with Crippen molar-refractivity contribution in [2.45, 2.75) is 12.6 Å². The van der Waals surface area contributed by atoms with Crippen molar-refractivity contribution < 1.29 is 9.59 Å². The summed E-state index contributed by atoms with van der Waals surface area (Å²) in [6.07, 6.45) is 0. The molecule has 5 heteroatoms. The summed E-state index contributed by atoms with van der Waals surface area (Å²) >= 11 is 3.45. The van der Waals surface area contributed by atoms with E-state index in [2.05, 4.69) is 15.9 Å².